The number of fused-ring (bicyclic) bond motifs is 1. The van der Waals surface area contributed by atoms with Crippen LogP contribution in [0.4, 0.5) is 0 Å². The average molecular weight is 373 g/mol. The Kier molecular flexibility index (Phi) is 4.59. The molecule has 0 aromatic rings. The van der Waals surface area contributed by atoms with Crippen LogP contribution >= 0.6 is 81.2 Å². The fourth-order valence-corrected chi connectivity index (χ4v) is 4.19. The summed E-state index contributed by atoms with van der Waals surface area (Å²) in [5.74, 6) is -0.574. The highest BCUT2D eigenvalue weighted by molar-refractivity contribution is 6.52. The molecule has 0 nitrogen and oxygen atoms in total. The van der Waals surface area contributed by atoms with Crippen molar-refractivity contribution >= 4 is 81.2 Å². The maximum atomic E-state index is 6.25. The third-order valence-electron chi connectivity index (χ3n) is 2.81. The standard InChI is InChI=1S/C10H5Cl7/c11-3-1-2-4(7(14)6(3)13)8(15)10(17)9(16)5(2)12/h1-2,4,6-7H. The zero-order valence-corrected chi connectivity index (χ0v) is 13.3. The second-order valence-corrected chi connectivity index (χ2v) is 6.75. The molecular formula is C10H5Cl7. The van der Waals surface area contributed by atoms with E-state index in [0.29, 0.717) is 15.1 Å². The van der Waals surface area contributed by atoms with Crippen molar-refractivity contribution in [2.45, 2.75) is 10.8 Å². The number of hydrogen-bond donors (Lipinski definition) is 0. The summed E-state index contributed by atoms with van der Waals surface area (Å²) in [5, 5.41) is 0.657. The molecule has 4 unspecified atom stereocenters. The lowest BCUT2D eigenvalue weighted by Gasteiger charge is -2.38. The number of halogens is 7. The van der Waals surface area contributed by atoms with Crippen molar-refractivity contribution < 1.29 is 0 Å². The van der Waals surface area contributed by atoms with Crippen LogP contribution in [-0.4, -0.2) is 10.8 Å². The van der Waals surface area contributed by atoms with Gasteiger partial charge in [0.15, 0.2) is 0 Å². The van der Waals surface area contributed by atoms with Crippen LogP contribution in [-0.2, 0) is 0 Å². The molecular weight excluding hydrogens is 368 g/mol. The Labute approximate surface area is 134 Å². The minimum atomic E-state index is -0.515. The zero-order valence-electron chi connectivity index (χ0n) is 8.03. The predicted octanol–water partition coefficient (Wildman–Crippen LogP) is 5.96. The van der Waals surface area contributed by atoms with E-state index in [2.05, 4.69) is 0 Å². The van der Waals surface area contributed by atoms with Gasteiger partial charge in [-0.1, -0.05) is 64.1 Å². The fourth-order valence-electron chi connectivity index (χ4n) is 1.93. The molecule has 4 atom stereocenters. The van der Waals surface area contributed by atoms with Crippen LogP contribution in [0.25, 0.3) is 0 Å². The number of allylic oxidation sites excluding steroid dienone is 6. The van der Waals surface area contributed by atoms with Crippen LogP contribution < -0.4 is 0 Å². The van der Waals surface area contributed by atoms with E-state index >= 15 is 0 Å². The fraction of sp³-hybridized carbons (Fsp3) is 0.400. The molecule has 0 saturated heterocycles. The average Bonchev–Trinajstić information content (AvgIpc) is 2.30. The van der Waals surface area contributed by atoms with Crippen molar-refractivity contribution in [1.82, 2.24) is 0 Å². The van der Waals surface area contributed by atoms with Gasteiger partial charge in [0.05, 0.1) is 20.8 Å². The second kappa shape index (κ2) is 5.32. The highest BCUT2D eigenvalue weighted by Gasteiger charge is 2.44. The molecule has 2 rings (SSSR count). The van der Waals surface area contributed by atoms with E-state index in [1.165, 1.54) is 0 Å². The van der Waals surface area contributed by atoms with E-state index < -0.39 is 10.8 Å². The van der Waals surface area contributed by atoms with Gasteiger partial charge in [0, 0.05) is 26.9 Å². The molecule has 0 bridgehead atoms. The molecule has 94 valence electrons. The third kappa shape index (κ3) is 2.36. The van der Waals surface area contributed by atoms with Gasteiger partial charge in [-0.15, -0.1) is 23.2 Å². The normalized spacial score (nSPS) is 38.2. The highest BCUT2D eigenvalue weighted by Crippen LogP contribution is 2.52. The van der Waals surface area contributed by atoms with Gasteiger partial charge in [-0.2, -0.15) is 0 Å². The molecule has 7 heteroatoms. The van der Waals surface area contributed by atoms with Crippen LogP contribution in [0, 0.1) is 11.8 Å². The summed E-state index contributed by atoms with van der Waals surface area (Å²) in [6.07, 6.45) is 1.72. The maximum absolute atomic E-state index is 6.25. The molecule has 0 radical (unpaired) electrons. The van der Waals surface area contributed by atoms with Crippen LogP contribution in [0.15, 0.2) is 31.2 Å². The molecule has 17 heavy (non-hydrogen) atoms. The van der Waals surface area contributed by atoms with Crippen LogP contribution in [0.2, 0.25) is 0 Å². The Morgan fingerprint density at radius 3 is 1.94 bits per heavy atom. The van der Waals surface area contributed by atoms with Crippen molar-refractivity contribution in [2.75, 3.05) is 0 Å². The van der Waals surface area contributed by atoms with E-state index in [1.54, 1.807) is 6.08 Å². The lowest BCUT2D eigenvalue weighted by molar-refractivity contribution is 0.481. The summed E-state index contributed by atoms with van der Waals surface area (Å²) in [5.41, 5.74) is 0. The number of alkyl halides is 2. The Hall–Kier alpha value is 1.25. The Bertz CT molecular complexity index is 448. The second-order valence-electron chi connectivity index (χ2n) is 3.77. The summed E-state index contributed by atoms with van der Waals surface area (Å²) < 4.78 is 0. The molecule has 0 saturated carbocycles. The first kappa shape index (κ1) is 14.7. The number of hydrogen-bond acceptors (Lipinski definition) is 0. The first-order chi connectivity index (χ1) is 7.86. The summed E-state index contributed by atoms with van der Waals surface area (Å²) in [6.45, 7) is 0. The van der Waals surface area contributed by atoms with Crippen molar-refractivity contribution in [3.63, 3.8) is 0 Å². The molecule has 0 fully saturated rings. The first-order valence-corrected chi connectivity index (χ1v) is 7.38. The van der Waals surface area contributed by atoms with Crippen molar-refractivity contribution in [3.05, 3.63) is 31.2 Å². The Balaban J connectivity index is 2.57. The zero-order chi connectivity index (χ0) is 12.9. The van der Waals surface area contributed by atoms with Gasteiger partial charge in [-0.05, 0) is 0 Å². The molecule has 0 N–H and O–H groups in total. The SMILES string of the molecule is ClC1=CC2C(Cl)=C(Cl)C(Cl)=C(Cl)C2C(Cl)C1Cl. The topological polar surface area (TPSA) is 0 Å². The van der Waals surface area contributed by atoms with Gasteiger partial charge in [0.2, 0.25) is 0 Å². The predicted molar refractivity (Wildman–Crippen MR) is 77.7 cm³/mol. The quantitative estimate of drug-likeness (QED) is 0.460. The molecule has 0 spiro atoms. The summed E-state index contributed by atoms with van der Waals surface area (Å²) in [4.78, 5) is 0. The largest absolute Gasteiger partial charge is 0.120 e. The first-order valence-electron chi connectivity index (χ1n) is 4.62. The molecule has 2 aliphatic rings. The monoisotopic (exact) mass is 370 g/mol. The summed E-state index contributed by atoms with van der Waals surface area (Å²) in [7, 11) is 0. The smallest absolute Gasteiger partial charge is 0.0859 e. The van der Waals surface area contributed by atoms with E-state index in [1.807, 2.05) is 0 Å². The summed E-state index contributed by atoms with van der Waals surface area (Å²) in [6, 6.07) is 0. The van der Waals surface area contributed by atoms with E-state index in [4.69, 9.17) is 81.2 Å². The molecule has 0 aromatic carbocycles. The van der Waals surface area contributed by atoms with Gasteiger partial charge in [-0.25, -0.2) is 0 Å². The van der Waals surface area contributed by atoms with Gasteiger partial charge in [0.1, 0.15) is 0 Å². The molecule has 2 aliphatic carbocycles. The lowest BCUT2D eigenvalue weighted by Crippen LogP contribution is -2.37. The Morgan fingerprint density at radius 1 is 0.824 bits per heavy atom. The minimum Gasteiger partial charge on any atom is -0.120 e. The van der Waals surface area contributed by atoms with Gasteiger partial charge >= 0.3 is 0 Å². The van der Waals surface area contributed by atoms with E-state index in [9.17, 15) is 0 Å². The highest BCUT2D eigenvalue weighted by atomic mass is 35.5. The van der Waals surface area contributed by atoms with Crippen LogP contribution in [0.1, 0.15) is 0 Å². The van der Waals surface area contributed by atoms with E-state index in [0.717, 1.165) is 0 Å². The molecule has 0 aliphatic heterocycles. The van der Waals surface area contributed by atoms with Crippen LogP contribution in [0.3, 0.4) is 0 Å². The van der Waals surface area contributed by atoms with Crippen LogP contribution in [0.5, 0.6) is 0 Å². The summed E-state index contributed by atoms with van der Waals surface area (Å²) >= 11 is 42.6. The lowest BCUT2D eigenvalue weighted by atomic mass is 9.80. The van der Waals surface area contributed by atoms with Crippen molar-refractivity contribution in [1.29, 1.82) is 0 Å². The molecule has 0 aromatic heterocycles. The van der Waals surface area contributed by atoms with Gasteiger partial charge in [-0.3, -0.25) is 0 Å². The van der Waals surface area contributed by atoms with Gasteiger partial charge < -0.3 is 0 Å². The minimum absolute atomic E-state index is 0.223. The molecule has 0 heterocycles. The third-order valence-corrected chi connectivity index (χ3v) is 6.40. The van der Waals surface area contributed by atoms with E-state index in [-0.39, 0.29) is 21.9 Å². The van der Waals surface area contributed by atoms with Gasteiger partial charge in [0.25, 0.3) is 0 Å². The van der Waals surface area contributed by atoms with Crippen molar-refractivity contribution in [2.24, 2.45) is 11.8 Å². The Morgan fingerprint density at radius 2 is 1.35 bits per heavy atom. The van der Waals surface area contributed by atoms with Crippen molar-refractivity contribution in [3.8, 4) is 0 Å². The number of rotatable bonds is 0. The molecule has 0 amide bonds. The maximum Gasteiger partial charge on any atom is 0.0859 e.